The molecular weight excluding hydrogens is 122 g/mol. The van der Waals surface area contributed by atoms with Gasteiger partial charge in [-0.15, -0.1) is 0 Å². The van der Waals surface area contributed by atoms with Crippen LogP contribution in [0.3, 0.4) is 0 Å². The molecule has 0 N–H and O–H groups in total. The zero-order chi connectivity index (χ0) is 6.69. The molecule has 1 aliphatic carbocycles. The van der Waals surface area contributed by atoms with E-state index in [1.54, 1.807) is 0 Å². The van der Waals surface area contributed by atoms with Gasteiger partial charge >= 0.3 is 0 Å². The summed E-state index contributed by atoms with van der Waals surface area (Å²) >= 11 is 0. The molecule has 52 valence electrons. The van der Waals surface area contributed by atoms with E-state index in [4.69, 9.17) is 0 Å². The Hall–Kier alpha value is -0.400. The van der Waals surface area contributed by atoms with Gasteiger partial charge in [0.25, 0.3) is 0 Å². The van der Waals surface area contributed by atoms with Gasteiger partial charge in [-0.2, -0.15) is 0 Å². The van der Waals surface area contributed by atoms with Crippen LogP contribution in [0.4, 0.5) is 8.78 Å². The average molecular weight is 132 g/mol. The highest BCUT2D eigenvalue weighted by molar-refractivity contribution is 4.95. The Kier molecular flexibility index (Phi) is 2.20. The van der Waals surface area contributed by atoms with Crippen LogP contribution in [0, 0.1) is 0 Å². The van der Waals surface area contributed by atoms with Gasteiger partial charge in [0, 0.05) is 0 Å². The second-order valence-corrected chi connectivity index (χ2v) is 2.38. The molecule has 1 aliphatic rings. The lowest BCUT2D eigenvalue weighted by Gasteiger charge is -1.97. The quantitative estimate of drug-likeness (QED) is 0.475. The van der Waals surface area contributed by atoms with Gasteiger partial charge in [-0.05, 0) is 25.7 Å². The van der Waals surface area contributed by atoms with Crippen LogP contribution in [0.1, 0.15) is 25.7 Å². The van der Waals surface area contributed by atoms with Crippen LogP contribution in [0.2, 0.25) is 0 Å². The summed E-state index contributed by atoms with van der Waals surface area (Å²) in [5.41, 5.74) is 0. The lowest BCUT2D eigenvalue weighted by Crippen LogP contribution is -1.94. The lowest BCUT2D eigenvalue weighted by molar-refractivity contribution is 0.316. The summed E-state index contributed by atoms with van der Waals surface area (Å²) in [6.45, 7) is 0. The summed E-state index contributed by atoms with van der Waals surface area (Å²) in [5, 5.41) is 0. The van der Waals surface area contributed by atoms with E-state index in [1.165, 1.54) is 6.08 Å². The van der Waals surface area contributed by atoms with Crippen LogP contribution in [-0.4, -0.2) is 6.17 Å². The highest BCUT2D eigenvalue weighted by Crippen LogP contribution is 2.19. The average Bonchev–Trinajstić information content (AvgIpc) is 1.97. The monoisotopic (exact) mass is 132 g/mol. The molecule has 9 heavy (non-hydrogen) atoms. The molecule has 2 heteroatoms. The first-order valence-electron chi connectivity index (χ1n) is 3.27. The van der Waals surface area contributed by atoms with Crippen molar-refractivity contribution < 1.29 is 8.78 Å². The van der Waals surface area contributed by atoms with Crippen molar-refractivity contribution >= 4 is 0 Å². The van der Waals surface area contributed by atoms with Crippen molar-refractivity contribution in [1.29, 1.82) is 0 Å². The summed E-state index contributed by atoms with van der Waals surface area (Å²) in [6, 6.07) is 0. The summed E-state index contributed by atoms with van der Waals surface area (Å²) in [7, 11) is 0. The maximum Gasteiger partial charge on any atom is 0.104 e. The predicted molar refractivity (Wildman–Crippen MR) is 32.6 cm³/mol. The fourth-order valence-corrected chi connectivity index (χ4v) is 0.968. The van der Waals surface area contributed by atoms with Crippen LogP contribution in [-0.2, 0) is 0 Å². The van der Waals surface area contributed by atoms with E-state index in [-0.39, 0.29) is 12.2 Å². The molecule has 1 unspecified atom stereocenters. The second-order valence-electron chi connectivity index (χ2n) is 2.38. The maximum absolute atomic E-state index is 12.4. The molecule has 1 atom stereocenters. The van der Waals surface area contributed by atoms with Crippen LogP contribution in [0.5, 0.6) is 0 Å². The molecule has 0 aliphatic heterocycles. The molecule has 0 aromatic heterocycles. The molecule has 0 saturated carbocycles. The molecule has 0 spiro atoms. The van der Waals surface area contributed by atoms with E-state index in [0.717, 1.165) is 0 Å². The number of halogens is 2. The summed E-state index contributed by atoms with van der Waals surface area (Å²) in [5.74, 6) is -0.143. The summed E-state index contributed by atoms with van der Waals surface area (Å²) in [4.78, 5) is 0. The maximum atomic E-state index is 12.4. The van der Waals surface area contributed by atoms with Gasteiger partial charge in [0.15, 0.2) is 0 Å². The fourth-order valence-electron chi connectivity index (χ4n) is 0.968. The molecule has 0 radical (unpaired) electrons. The first-order valence-corrected chi connectivity index (χ1v) is 3.27. The van der Waals surface area contributed by atoms with Crippen molar-refractivity contribution in [1.82, 2.24) is 0 Å². The van der Waals surface area contributed by atoms with E-state index >= 15 is 0 Å². The summed E-state index contributed by atoms with van der Waals surface area (Å²) < 4.78 is 24.7. The lowest BCUT2D eigenvalue weighted by atomic mass is 10.2. The van der Waals surface area contributed by atoms with Gasteiger partial charge < -0.3 is 0 Å². The minimum atomic E-state index is -0.807. The molecule has 0 aromatic rings. The Bertz CT molecular complexity index is 118. The van der Waals surface area contributed by atoms with E-state index in [1.807, 2.05) is 0 Å². The zero-order valence-corrected chi connectivity index (χ0v) is 5.24. The number of allylic oxidation sites excluding steroid dienone is 2. The Balaban J connectivity index is 2.42. The number of rotatable bonds is 0. The third-order valence-electron chi connectivity index (χ3n) is 1.53. The van der Waals surface area contributed by atoms with E-state index in [0.29, 0.717) is 19.3 Å². The highest BCUT2D eigenvalue weighted by Gasteiger charge is 2.09. The van der Waals surface area contributed by atoms with Crippen LogP contribution < -0.4 is 0 Å². The topological polar surface area (TPSA) is 0 Å². The molecule has 0 fully saturated rings. The Morgan fingerprint density at radius 3 is 3.11 bits per heavy atom. The van der Waals surface area contributed by atoms with Gasteiger partial charge in [-0.1, -0.05) is 6.08 Å². The predicted octanol–water partition coefficient (Wildman–Crippen LogP) is 2.75. The molecule has 0 heterocycles. The first kappa shape index (κ1) is 6.72. The normalized spacial score (nSPS) is 29.1. The van der Waals surface area contributed by atoms with Gasteiger partial charge in [0.2, 0.25) is 0 Å². The van der Waals surface area contributed by atoms with E-state index in [2.05, 4.69) is 0 Å². The Morgan fingerprint density at radius 2 is 2.33 bits per heavy atom. The van der Waals surface area contributed by atoms with E-state index in [9.17, 15) is 8.78 Å². The first-order chi connectivity index (χ1) is 4.29. The molecule has 0 aromatic carbocycles. The van der Waals surface area contributed by atoms with Gasteiger partial charge in [-0.3, -0.25) is 0 Å². The number of hydrogen-bond acceptors (Lipinski definition) is 0. The van der Waals surface area contributed by atoms with Crippen molar-refractivity contribution in [2.45, 2.75) is 31.9 Å². The fraction of sp³-hybridized carbons (Fsp3) is 0.714. The molecule has 0 saturated heterocycles. The van der Waals surface area contributed by atoms with Crippen LogP contribution >= 0.6 is 0 Å². The van der Waals surface area contributed by atoms with Crippen LogP contribution in [0.25, 0.3) is 0 Å². The van der Waals surface area contributed by atoms with Crippen molar-refractivity contribution in [3.8, 4) is 0 Å². The number of hydrogen-bond donors (Lipinski definition) is 0. The molecule has 0 nitrogen and oxygen atoms in total. The molecule has 0 amide bonds. The molecular formula is C7H10F2. The van der Waals surface area contributed by atoms with Crippen molar-refractivity contribution in [3.05, 3.63) is 11.9 Å². The largest absolute Gasteiger partial charge is 0.247 e. The minimum absolute atomic E-state index is 0.143. The highest BCUT2D eigenvalue weighted by atomic mass is 19.1. The van der Waals surface area contributed by atoms with Gasteiger partial charge in [0.1, 0.15) is 6.17 Å². The minimum Gasteiger partial charge on any atom is -0.247 e. The van der Waals surface area contributed by atoms with Gasteiger partial charge in [-0.25, -0.2) is 8.78 Å². The van der Waals surface area contributed by atoms with Crippen molar-refractivity contribution in [2.24, 2.45) is 0 Å². The SMILES string of the molecule is FC1=CCC(F)CCC1. The third kappa shape index (κ3) is 2.12. The Morgan fingerprint density at radius 1 is 1.56 bits per heavy atom. The summed E-state index contributed by atoms with van der Waals surface area (Å²) in [6.07, 6.45) is 2.43. The van der Waals surface area contributed by atoms with Crippen molar-refractivity contribution in [3.63, 3.8) is 0 Å². The molecule has 0 bridgehead atoms. The van der Waals surface area contributed by atoms with Gasteiger partial charge in [0.05, 0.1) is 5.83 Å². The van der Waals surface area contributed by atoms with Crippen molar-refractivity contribution in [2.75, 3.05) is 0 Å². The van der Waals surface area contributed by atoms with Crippen LogP contribution in [0.15, 0.2) is 11.9 Å². The van der Waals surface area contributed by atoms with E-state index < -0.39 is 6.17 Å². The molecule has 1 rings (SSSR count). The standard InChI is InChI=1S/C7H10F2/c8-6-2-1-3-7(9)5-4-6/h4,7H,1-3,5H2. The second kappa shape index (κ2) is 2.95. The third-order valence-corrected chi connectivity index (χ3v) is 1.53. The zero-order valence-electron chi connectivity index (χ0n) is 5.24. The Labute approximate surface area is 53.6 Å². The smallest absolute Gasteiger partial charge is 0.104 e. The number of alkyl halides is 1.